The van der Waals surface area contributed by atoms with Gasteiger partial charge in [-0.15, -0.1) is 0 Å². The quantitative estimate of drug-likeness (QED) is 0.307. The number of carbonyl (C=O) groups is 4. The molecule has 0 bridgehead atoms. The largest absolute Gasteiger partial charge is 0.480 e. The smallest absolute Gasteiger partial charge is 0.326 e. The maximum Gasteiger partial charge on any atom is 0.326 e. The number of nitrogens with one attached hydrogen (secondary N) is 4. The highest BCUT2D eigenvalue weighted by Gasteiger charge is 2.34. The molecule has 1 fully saturated rings. The van der Waals surface area contributed by atoms with Crippen LogP contribution in [0, 0.1) is 17.8 Å². The Morgan fingerprint density at radius 2 is 1.61 bits per heavy atom. The van der Waals surface area contributed by atoms with Crippen LogP contribution < -0.4 is 21.3 Å². The highest BCUT2D eigenvalue weighted by molar-refractivity contribution is 5.94. The van der Waals surface area contributed by atoms with Crippen LogP contribution in [0.5, 0.6) is 0 Å². The Kier molecular flexibility index (Phi) is 11.0. The van der Waals surface area contributed by atoms with E-state index in [1.54, 1.807) is 13.8 Å². The molecule has 9 heteroatoms. The Morgan fingerprint density at radius 3 is 2.06 bits per heavy atom. The lowest BCUT2D eigenvalue weighted by Gasteiger charge is -2.29. The van der Waals surface area contributed by atoms with Crippen LogP contribution >= 0.6 is 0 Å². The second-order valence-electron chi connectivity index (χ2n) is 9.28. The number of rotatable bonds is 12. The number of carboxylic acids is 1. The number of amides is 3. The summed E-state index contributed by atoms with van der Waals surface area (Å²) >= 11 is 0. The van der Waals surface area contributed by atoms with E-state index >= 15 is 0 Å². The molecular formula is C22H40N4O5. The van der Waals surface area contributed by atoms with Crippen molar-refractivity contribution in [2.24, 2.45) is 17.8 Å². The molecule has 0 aliphatic carbocycles. The summed E-state index contributed by atoms with van der Waals surface area (Å²) < 4.78 is 0. The van der Waals surface area contributed by atoms with Gasteiger partial charge in [0.05, 0.1) is 6.04 Å². The molecule has 1 rings (SSSR count). The van der Waals surface area contributed by atoms with E-state index in [0.717, 1.165) is 19.4 Å². The van der Waals surface area contributed by atoms with Crippen molar-refractivity contribution >= 4 is 23.7 Å². The fourth-order valence-corrected chi connectivity index (χ4v) is 3.60. The third kappa shape index (κ3) is 8.47. The third-order valence-corrected chi connectivity index (χ3v) is 5.74. The van der Waals surface area contributed by atoms with Crippen LogP contribution in [-0.2, 0) is 19.2 Å². The van der Waals surface area contributed by atoms with Gasteiger partial charge in [-0.1, -0.05) is 48.0 Å². The van der Waals surface area contributed by atoms with Gasteiger partial charge in [0.2, 0.25) is 17.7 Å². The van der Waals surface area contributed by atoms with Crippen molar-refractivity contribution in [1.82, 2.24) is 21.3 Å². The molecule has 9 nitrogen and oxygen atoms in total. The lowest BCUT2D eigenvalue weighted by atomic mass is 9.96. The number of carbonyl (C=O) groups excluding carboxylic acids is 3. The molecule has 0 aromatic carbocycles. The lowest BCUT2D eigenvalue weighted by molar-refractivity contribution is -0.143. The third-order valence-electron chi connectivity index (χ3n) is 5.74. The maximum absolute atomic E-state index is 13.1. The van der Waals surface area contributed by atoms with E-state index < -0.39 is 35.9 Å². The SMILES string of the molecule is CCC(C)C(NC(=O)C1CCCN1)C(=O)NC(CC(C)C)C(=O)NC(C(=O)O)C(C)C. The van der Waals surface area contributed by atoms with Crippen LogP contribution in [0.2, 0.25) is 0 Å². The van der Waals surface area contributed by atoms with Crippen molar-refractivity contribution < 1.29 is 24.3 Å². The van der Waals surface area contributed by atoms with Crippen LogP contribution in [0.3, 0.4) is 0 Å². The first-order valence-electron chi connectivity index (χ1n) is 11.3. The van der Waals surface area contributed by atoms with Gasteiger partial charge in [0.1, 0.15) is 18.1 Å². The summed E-state index contributed by atoms with van der Waals surface area (Å²) in [5, 5.41) is 20.7. The average molecular weight is 441 g/mol. The lowest BCUT2D eigenvalue weighted by Crippen LogP contribution is -2.59. The van der Waals surface area contributed by atoms with Crippen LogP contribution in [-0.4, -0.2) is 59.5 Å². The Hall–Kier alpha value is -2.16. The predicted octanol–water partition coefficient (Wildman–Crippen LogP) is 1.03. The minimum atomic E-state index is -1.12. The molecule has 0 radical (unpaired) electrons. The molecule has 5 unspecified atom stereocenters. The van der Waals surface area contributed by atoms with E-state index in [0.29, 0.717) is 12.8 Å². The Morgan fingerprint density at radius 1 is 0.968 bits per heavy atom. The molecule has 3 amide bonds. The van der Waals surface area contributed by atoms with Crippen LogP contribution in [0.4, 0.5) is 0 Å². The van der Waals surface area contributed by atoms with Gasteiger partial charge in [0.25, 0.3) is 0 Å². The van der Waals surface area contributed by atoms with E-state index in [-0.39, 0.29) is 29.7 Å². The van der Waals surface area contributed by atoms with E-state index in [9.17, 15) is 24.3 Å². The molecule has 1 aliphatic rings. The standard InChI is InChI=1S/C22H40N4O5/c1-7-14(6)18(26-19(27)15-9-8-10-23-15)21(29)24-16(11-12(2)3)20(28)25-17(13(4)5)22(30)31/h12-18,23H,7-11H2,1-6H3,(H,24,29)(H,25,28)(H,26,27)(H,30,31). The van der Waals surface area contributed by atoms with Crippen molar-refractivity contribution in [3.05, 3.63) is 0 Å². The van der Waals surface area contributed by atoms with E-state index in [2.05, 4.69) is 21.3 Å². The summed E-state index contributed by atoms with van der Waals surface area (Å²) in [7, 11) is 0. The van der Waals surface area contributed by atoms with Crippen LogP contribution in [0.25, 0.3) is 0 Å². The van der Waals surface area contributed by atoms with Crippen LogP contribution in [0.15, 0.2) is 0 Å². The summed E-state index contributed by atoms with van der Waals surface area (Å²) in [5.41, 5.74) is 0. The molecule has 5 N–H and O–H groups in total. The van der Waals surface area contributed by atoms with Gasteiger partial charge < -0.3 is 26.4 Å². The first kappa shape index (κ1) is 26.9. The molecule has 0 aromatic rings. The monoisotopic (exact) mass is 440 g/mol. The zero-order chi connectivity index (χ0) is 23.7. The Bertz CT molecular complexity index is 631. The van der Waals surface area contributed by atoms with Gasteiger partial charge in [0, 0.05) is 0 Å². The van der Waals surface area contributed by atoms with Crippen molar-refractivity contribution in [1.29, 1.82) is 0 Å². The number of hydrogen-bond acceptors (Lipinski definition) is 5. The van der Waals surface area contributed by atoms with Crippen molar-refractivity contribution in [3.63, 3.8) is 0 Å². The Balaban J connectivity index is 2.94. The van der Waals surface area contributed by atoms with Gasteiger partial charge in [0.15, 0.2) is 0 Å². The predicted molar refractivity (Wildman–Crippen MR) is 118 cm³/mol. The molecule has 178 valence electrons. The first-order valence-corrected chi connectivity index (χ1v) is 11.3. The number of hydrogen-bond donors (Lipinski definition) is 5. The molecular weight excluding hydrogens is 400 g/mol. The molecule has 31 heavy (non-hydrogen) atoms. The maximum atomic E-state index is 13.1. The summed E-state index contributed by atoms with van der Waals surface area (Å²) in [6, 6.07) is -3.02. The van der Waals surface area contributed by atoms with Gasteiger partial charge in [-0.2, -0.15) is 0 Å². The minimum absolute atomic E-state index is 0.0951. The second kappa shape index (κ2) is 12.6. The first-order chi connectivity index (χ1) is 14.5. The van der Waals surface area contributed by atoms with Gasteiger partial charge in [-0.05, 0) is 43.6 Å². The number of carboxylic acid groups (broad SMARTS) is 1. The molecule has 0 saturated carbocycles. The van der Waals surface area contributed by atoms with Gasteiger partial charge in [-0.3, -0.25) is 14.4 Å². The van der Waals surface area contributed by atoms with Crippen molar-refractivity contribution in [2.75, 3.05) is 6.54 Å². The molecule has 0 aromatic heterocycles. The number of aliphatic carboxylic acids is 1. The van der Waals surface area contributed by atoms with Gasteiger partial charge in [-0.25, -0.2) is 4.79 Å². The molecule has 1 saturated heterocycles. The van der Waals surface area contributed by atoms with Crippen LogP contribution in [0.1, 0.15) is 67.2 Å². The second-order valence-corrected chi connectivity index (χ2v) is 9.28. The summed E-state index contributed by atoms with van der Waals surface area (Å²) in [6.45, 7) is 11.8. The Labute approximate surface area is 185 Å². The normalized spacial score (nSPS) is 20.1. The molecule has 0 spiro atoms. The van der Waals surface area contributed by atoms with E-state index in [4.69, 9.17) is 0 Å². The van der Waals surface area contributed by atoms with E-state index in [1.165, 1.54) is 0 Å². The molecule has 1 heterocycles. The minimum Gasteiger partial charge on any atom is -0.480 e. The molecule has 5 atom stereocenters. The summed E-state index contributed by atoms with van der Waals surface area (Å²) in [4.78, 5) is 50.0. The summed E-state index contributed by atoms with van der Waals surface area (Å²) in [5.74, 6) is -2.63. The van der Waals surface area contributed by atoms with E-state index in [1.807, 2.05) is 27.7 Å². The topological polar surface area (TPSA) is 137 Å². The molecule has 1 aliphatic heterocycles. The van der Waals surface area contributed by atoms with Gasteiger partial charge >= 0.3 is 5.97 Å². The summed E-state index contributed by atoms with van der Waals surface area (Å²) in [6.07, 6.45) is 2.67. The fourth-order valence-electron chi connectivity index (χ4n) is 3.60. The van der Waals surface area contributed by atoms with Crippen molar-refractivity contribution in [3.8, 4) is 0 Å². The fraction of sp³-hybridized carbons (Fsp3) is 0.818. The van der Waals surface area contributed by atoms with Crippen molar-refractivity contribution in [2.45, 2.75) is 91.4 Å². The zero-order valence-electron chi connectivity index (χ0n) is 19.7. The average Bonchev–Trinajstić information content (AvgIpc) is 3.22. The highest BCUT2D eigenvalue weighted by Crippen LogP contribution is 2.13. The highest BCUT2D eigenvalue weighted by atomic mass is 16.4. The zero-order valence-corrected chi connectivity index (χ0v) is 19.7.